The Bertz CT molecular complexity index is 965. The number of hydrogen-bond donors (Lipinski definition) is 0. The molecule has 2 aromatic heterocycles. The van der Waals surface area contributed by atoms with Crippen molar-refractivity contribution in [3.63, 3.8) is 0 Å². The molecule has 26 heavy (non-hydrogen) atoms. The zero-order chi connectivity index (χ0) is 18.1. The minimum absolute atomic E-state index is 0.163. The van der Waals surface area contributed by atoms with Crippen molar-refractivity contribution in [2.24, 2.45) is 0 Å². The van der Waals surface area contributed by atoms with Crippen LogP contribution in [0.25, 0.3) is 11.0 Å². The highest BCUT2D eigenvalue weighted by atomic mass is 79.9. The first-order valence-electron chi connectivity index (χ1n) is 8.15. The van der Waals surface area contributed by atoms with Crippen LogP contribution in [0, 0.1) is 0 Å². The first-order chi connectivity index (χ1) is 12.6. The van der Waals surface area contributed by atoms with Crippen LogP contribution in [0.3, 0.4) is 0 Å². The van der Waals surface area contributed by atoms with Crippen molar-refractivity contribution in [1.82, 2.24) is 19.8 Å². The van der Waals surface area contributed by atoms with E-state index in [4.69, 9.17) is 4.42 Å². The Morgan fingerprint density at radius 2 is 1.73 bits per heavy atom. The summed E-state index contributed by atoms with van der Waals surface area (Å²) in [5, 5.41) is 0.874. The molecule has 1 aliphatic heterocycles. The molecule has 0 radical (unpaired) electrons. The molecule has 0 unspecified atom stereocenters. The second kappa shape index (κ2) is 6.87. The Morgan fingerprint density at radius 3 is 2.42 bits per heavy atom. The van der Waals surface area contributed by atoms with Crippen LogP contribution in [0.2, 0.25) is 0 Å². The molecule has 3 aromatic rings. The number of carbonyl (C=O) groups is 2. The predicted octanol–water partition coefficient (Wildman–Crippen LogP) is 2.58. The van der Waals surface area contributed by atoms with Crippen molar-refractivity contribution in [2.45, 2.75) is 0 Å². The molecular weight excluding hydrogens is 400 g/mol. The lowest BCUT2D eigenvalue weighted by Crippen LogP contribution is -2.50. The summed E-state index contributed by atoms with van der Waals surface area (Å²) in [6.07, 6.45) is 4.47. The third kappa shape index (κ3) is 3.20. The summed E-state index contributed by atoms with van der Waals surface area (Å²) in [4.78, 5) is 36.4. The van der Waals surface area contributed by atoms with Crippen LogP contribution in [-0.4, -0.2) is 57.8 Å². The summed E-state index contributed by atoms with van der Waals surface area (Å²) in [6, 6.07) is 7.36. The highest BCUT2D eigenvalue weighted by molar-refractivity contribution is 9.10. The topological polar surface area (TPSA) is 79.5 Å². The Morgan fingerprint density at radius 1 is 1.00 bits per heavy atom. The molecule has 0 saturated carbocycles. The summed E-state index contributed by atoms with van der Waals surface area (Å²) < 4.78 is 6.60. The Balaban J connectivity index is 1.43. The van der Waals surface area contributed by atoms with Gasteiger partial charge in [-0.2, -0.15) is 0 Å². The van der Waals surface area contributed by atoms with Crippen molar-refractivity contribution >= 4 is 38.7 Å². The van der Waals surface area contributed by atoms with Crippen molar-refractivity contribution < 1.29 is 14.0 Å². The first-order valence-corrected chi connectivity index (χ1v) is 8.95. The van der Waals surface area contributed by atoms with E-state index in [-0.39, 0.29) is 11.8 Å². The zero-order valence-corrected chi connectivity index (χ0v) is 15.3. The normalized spacial score (nSPS) is 14.7. The minimum atomic E-state index is -0.168. The highest BCUT2D eigenvalue weighted by Gasteiger charge is 2.27. The molecule has 7 nitrogen and oxygen atoms in total. The number of hydrogen-bond acceptors (Lipinski definition) is 5. The molecule has 0 N–H and O–H groups in total. The smallest absolute Gasteiger partial charge is 0.289 e. The van der Waals surface area contributed by atoms with Crippen molar-refractivity contribution in [3.05, 3.63) is 58.8 Å². The summed E-state index contributed by atoms with van der Waals surface area (Å²) in [5.41, 5.74) is 0.989. The molecule has 3 heterocycles. The molecular formula is C18H15BrN4O3. The lowest BCUT2D eigenvalue weighted by molar-refractivity contribution is 0.0516. The van der Waals surface area contributed by atoms with Gasteiger partial charge in [0.2, 0.25) is 0 Å². The van der Waals surface area contributed by atoms with Gasteiger partial charge in [0, 0.05) is 48.4 Å². The van der Waals surface area contributed by atoms with Crippen molar-refractivity contribution in [1.29, 1.82) is 0 Å². The predicted molar refractivity (Wildman–Crippen MR) is 97.8 cm³/mol. The number of amides is 2. The van der Waals surface area contributed by atoms with Gasteiger partial charge in [-0.15, -0.1) is 0 Å². The van der Waals surface area contributed by atoms with Gasteiger partial charge in [-0.3, -0.25) is 14.6 Å². The second-order valence-corrected chi connectivity index (χ2v) is 6.88. The van der Waals surface area contributed by atoms with E-state index < -0.39 is 0 Å². The van der Waals surface area contributed by atoms with E-state index in [0.29, 0.717) is 43.2 Å². The van der Waals surface area contributed by atoms with Crippen LogP contribution >= 0.6 is 15.9 Å². The maximum absolute atomic E-state index is 12.7. The Hall–Kier alpha value is -2.74. The van der Waals surface area contributed by atoms with Crippen LogP contribution in [0.5, 0.6) is 0 Å². The number of fused-ring (bicyclic) bond motifs is 1. The quantitative estimate of drug-likeness (QED) is 0.643. The van der Waals surface area contributed by atoms with Crippen LogP contribution in [0.4, 0.5) is 0 Å². The third-order valence-corrected chi connectivity index (χ3v) is 4.82. The van der Waals surface area contributed by atoms with Gasteiger partial charge in [-0.05, 0) is 24.3 Å². The van der Waals surface area contributed by atoms with Gasteiger partial charge in [0.25, 0.3) is 11.8 Å². The maximum Gasteiger partial charge on any atom is 0.289 e. The molecule has 8 heteroatoms. The minimum Gasteiger partial charge on any atom is -0.451 e. The number of aromatic nitrogens is 2. The average Bonchev–Trinajstić information content (AvgIpc) is 3.11. The number of piperazine rings is 1. The summed E-state index contributed by atoms with van der Waals surface area (Å²) in [7, 11) is 0. The van der Waals surface area contributed by atoms with E-state index in [1.54, 1.807) is 15.9 Å². The fourth-order valence-corrected chi connectivity index (χ4v) is 3.34. The van der Waals surface area contributed by atoms with Gasteiger partial charge in [-0.25, -0.2) is 4.98 Å². The largest absolute Gasteiger partial charge is 0.451 e. The molecule has 4 rings (SSSR count). The third-order valence-electron chi connectivity index (χ3n) is 4.33. The highest BCUT2D eigenvalue weighted by Crippen LogP contribution is 2.24. The molecule has 2 amide bonds. The van der Waals surface area contributed by atoms with Gasteiger partial charge >= 0.3 is 0 Å². The lowest BCUT2D eigenvalue weighted by Gasteiger charge is -2.34. The zero-order valence-electron chi connectivity index (χ0n) is 13.8. The second-order valence-electron chi connectivity index (χ2n) is 5.97. The lowest BCUT2D eigenvalue weighted by atomic mass is 10.2. The molecule has 1 fully saturated rings. The van der Waals surface area contributed by atoms with Crippen molar-refractivity contribution in [2.75, 3.05) is 26.2 Å². The van der Waals surface area contributed by atoms with Gasteiger partial charge in [0.15, 0.2) is 5.76 Å². The van der Waals surface area contributed by atoms with Gasteiger partial charge < -0.3 is 14.2 Å². The molecule has 1 aliphatic rings. The van der Waals surface area contributed by atoms with Crippen molar-refractivity contribution in [3.8, 4) is 0 Å². The van der Waals surface area contributed by atoms with E-state index in [1.807, 2.05) is 18.2 Å². The average molecular weight is 415 g/mol. The van der Waals surface area contributed by atoms with Crippen LogP contribution in [0.15, 0.2) is 51.7 Å². The molecule has 0 spiro atoms. The molecule has 1 aromatic carbocycles. The molecule has 132 valence electrons. The van der Waals surface area contributed by atoms with E-state index in [2.05, 4.69) is 25.9 Å². The molecule has 0 atom stereocenters. The Kier molecular flexibility index (Phi) is 4.42. The van der Waals surface area contributed by atoms with E-state index in [1.165, 1.54) is 18.6 Å². The first kappa shape index (κ1) is 16.7. The van der Waals surface area contributed by atoms with Crippen LogP contribution in [0.1, 0.15) is 21.0 Å². The summed E-state index contributed by atoms with van der Waals surface area (Å²) >= 11 is 3.41. The number of furan rings is 1. The molecule has 1 saturated heterocycles. The van der Waals surface area contributed by atoms with Crippen LogP contribution < -0.4 is 0 Å². The number of nitrogens with zero attached hydrogens (tertiary/aromatic N) is 4. The standard InChI is InChI=1S/C18H15BrN4O3/c19-13-1-2-15-12(9-13)10-16(26-15)18(25)23-7-5-22(6-8-23)17(24)14-11-20-3-4-21-14/h1-4,9-11H,5-8H2. The number of halogens is 1. The van der Waals surface area contributed by atoms with E-state index in [0.717, 1.165) is 9.86 Å². The fourth-order valence-electron chi connectivity index (χ4n) is 2.96. The SMILES string of the molecule is O=C(c1cnccn1)N1CCN(C(=O)c2cc3cc(Br)ccc3o2)CC1. The maximum atomic E-state index is 12.7. The number of rotatable bonds is 2. The van der Waals surface area contributed by atoms with Gasteiger partial charge in [-0.1, -0.05) is 15.9 Å². The molecule has 0 aliphatic carbocycles. The monoisotopic (exact) mass is 414 g/mol. The summed E-state index contributed by atoms with van der Waals surface area (Å²) in [6.45, 7) is 1.80. The number of carbonyl (C=O) groups excluding carboxylic acids is 2. The van der Waals surface area contributed by atoms with E-state index >= 15 is 0 Å². The Labute approximate surface area is 157 Å². The number of benzene rings is 1. The summed E-state index contributed by atoms with van der Waals surface area (Å²) in [5.74, 6) is -0.0190. The fraction of sp³-hybridized carbons (Fsp3) is 0.222. The van der Waals surface area contributed by atoms with Crippen LogP contribution in [-0.2, 0) is 0 Å². The van der Waals surface area contributed by atoms with Gasteiger partial charge in [0.05, 0.1) is 6.20 Å². The van der Waals surface area contributed by atoms with E-state index in [9.17, 15) is 9.59 Å². The van der Waals surface area contributed by atoms with Gasteiger partial charge in [0.1, 0.15) is 11.3 Å². The molecule has 0 bridgehead atoms.